The van der Waals surface area contributed by atoms with E-state index in [9.17, 15) is 0 Å². The average molecular weight is 195 g/mol. The van der Waals surface area contributed by atoms with Crippen LogP contribution < -0.4 is 4.74 Å². The van der Waals surface area contributed by atoms with Gasteiger partial charge in [0.05, 0.1) is 0 Å². The van der Waals surface area contributed by atoms with E-state index < -0.39 is 0 Å². The SMILES string of the molecule is C=CC1(C)Cc2cc(Cl)ccc2O1. The highest BCUT2D eigenvalue weighted by molar-refractivity contribution is 6.30. The number of ether oxygens (including phenoxy) is 1. The molecule has 0 saturated heterocycles. The van der Waals surface area contributed by atoms with Gasteiger partial charge in [0.2, 0.25) is 0 Å². The molecule has 1 aromatic rings. The van der Waals surface area contributed by atoms with Crippen LogP contribution in [-0.4, -0.2) is 5.60 Å². The Balaban J connectivity index is 2.40. The van der Waals surface area contributed by atoms with Gasteiger partial charge < -0.3 is 4.74 Å². The minimum absolute atomic E-state index is 0.257. The summed E-state index contributed by atoms with van der Waals surface area (Å²) in [6.07, 6.45) is 2.69. The fourth-order valence-electron chi connectivity index (χ4n) is 1.57. The Kier molecular flexibility index (Phi) is 1.85. The van der Waals surface area contributed by atoms with E-state index in [4.69, 9.17) is 16.3 Å². The number of fused-ring (bicyclic) bond motifs is 1. The highest BCUT2D eigenvalue weighted by Crippen LogP contribution is 2.36. The van der Waals surface area contributed by atoms with Crippen molar-refractivity contribution in [1.82, 2.24) is 0 Å². The van der Waals surface area contributed by atoms with E-state index in [1.54, 1.807) is 0 Å². The van der Waals surface area contributed by atoms with E-state index in [2.05, 4.69) is 6.58 Å². The van der Waals surface area contributed by atoms with E-state index >= 15 is 0 Å². The van der Waals surface area contributed by atoms with Gasteiger partial charge in [-0.3, -0.25) is 0 Å². The van der Waals surface area contributed by atoms with Crippen molar-refractivity contribution in [1.29, 1.82) is 0 Å². The largest absolute Gasteiger partial charge is 0.483 e. The van der Waals surface area contributed by atoms with Crippen LogP contribution in [0.25, 0.3) is 0 Å². The number of benzene rings is 1. The maximum absolute atomic E-state index is 5.88. The van der Waals surface area contributed by atoms with Crippen molar-refractivity contribution in [2.24, 2.45) is 0 Å². The third-order valence-corrected chi connectivity index (χ3v) is 2.57. The molecule has 0 saturated carbocycles. The second-order valence-corrected chi connectivity index (χ2v) is 3.98. The Labute approximate surface area is 83.0 Å². The van der Waals surface area contributed by atoms with Crippen molar-refractivity contribution >= 4 is 11.6 Å². The van der Waals surface area contributed by atoms with Crippen LogP contribution >= 0.6 is 11.6 Å². The molecule has 0 aromatic heterocycles. The number of hydrogen-bond acceptors (Lipinski definition) is 1. The monoisotopic (exact) mass is 194 g/mol. The van der Waals surface area contributed by atoms with Crippen LogP contribution in [0.1, 0.15) is 12.5 Å². The van der Waals surface area contributed by atoms with Crippen LogP contribution in [0.3, 0.4) is 0 Å². The molecule has 0 fully saturated rings. The molecule has 1 unspecified atom stereocenters. The van der Waals surface area contributed by atoms with E-state index in [0.717, 1.165) is 22.8 Å². The van der Waals surface area contributed by atoms with Crippen molar-refractivity contribution in [2.45, 2.75) is 18.9 Å². The van der Waals surface area contributed by atoms with Crippen LogP contribution in [0.2, 0.25) is 5.02 Å². The van der Waals surface area contributed by atoms with Crippen LogP contribution in [-0.2, 0) is 6.42 Å². The predicted octanol–water partition coefficient (Wildman–Crippen LogP) is 3.22. The third-order valence-electron chi connectivity index (χ3n) is 2.34. The fourth-order valence-corrected chi connectivity index (χ4v) is 1.76. The van der Waals surface area contributed by atoms with Gasteiger partial charge in [-0.05, 0) is 36.8 Å². The lowest BCUT2D eigenvalue weighted by Crippen LogP contribution is -2.26. The lowest BCUT2D eigenvalue weighted by Gasteiger charge is -2.18. The zero-order valence-electron chi connectivity index (χ0n) is 7.51. The normalized spacial score (nSPS) is 25.1. The van der Waals surface area contributed by atoms with E-state index in [1.165, 1.54) is 0 Å². The van der Waals surface area contributed by atoms with Crippen molar-refractivity contribution in [3.8, 4) is 5.75 Å². The molecule has 0 N–H and O–H groups in total. The molecule has 13 heavy (non-hydrogen) atoms. The summed E-state index contributed by atoms with van der Waals surface area (Å²) in [7, 11) is 0. The highest BCUT2D eigenvalue weighted by Gasteiger charge is 2.31. The molecule has 1 atom stereocenters. The van der Waals surface area contributed by atoms with E-state index in [-0.39, 0.29) is 5.60 Å². The molecule has 0 amide bonds. The zero-order valence-corrected chi connectivity index (χ0v) is 8.27. The molecular weight excluding hydrogens is 184 g/mol. The van der Waals surface area contributed by atoms with E-state index in [0.29, 0.717) is 0 Å². The molecule has 0 aliphatic carbocycles. The van der Waals surface area contributed by atoms with Gasteiger partial charge in [-0.25, -0.2) is 0 Å². The van der Waals surface area contributed by atoms with Crippen molar-refractivity contribution in [3.05, 3.63) is 41.4 Å². The lowest BCUT2D eigenvalue weighted by atomic mass is 10.00. The van der Waals surface area contributed by atoms with Crippen LogP contribution in [0.4, 0.5) is 0 Å². The first-order valence-corrected chi connectivity index (χ1v) is 4.62. The van der Waals surface area contributed by atoms with Crippen LogP contribution in [0, 0.1) is 0 Å². The second-order valence-electron chi connectivity index (χ2n) is 3.55. The molecule has 2 rings (SSSR count). The topological polar surface area (TPSA) is 9.23 Å². The Morgan fingerprint density at radius 3 is 3.08 bits per heavy atom. The van der Waals surface area contributed by atoms with E-state index in [1.807, 2.05) is 31.2 Å². The minimum Gasteiger partial charge on any atom is -0.483 e. The van der Waals surface area contributed by atoms with Crippen LogP contribution in [0.5, 0.6) is 5.75 Å². The summed E-state index contributed by atoms with van der Waals surface area (Å²) in [4.78, 5) is 0. The van der Waals surface area contributed by atoms with Crippen molar-refractivity contribution < 1.29 is 4.74 Å². The highest BCUT2D eigenvalue weighted by atomic mass is 35.5. The number of rotatable bonds is 1. The molecule has 68 valence electrons. The van der Waals surface area contributed by atoms with Crippen LogP contribution in [0.15, 0.2) is 30.9 Å². The van der Waals surface area contributed by atoms with Gasteiger partial charge in [-0.2, -0.15) is 0 Å². The summed E-state index contributed by atoms with van der Waals surface area (Å²) < 4.78 is 5.72. The van der Waals surface area contributed by atoms with Gasteiger partial charge in [0.1, 0.15) is 11.4 Å². The van der Waals surface area contributed by atoms with Gasteiger partial charge in [0, 0.05) is 11.4 Å². The molecule has 1 heterocycles. The number of halogens is 1. The summed E-state index contributed by atoms with van der Waals surface area (Å²) >= 11 is 5.88. The molecule has 1 nitrogen and oxygen atoms in total. The lowest BCUT2D eigenvalue weighted by molar-refractivity contribution is 0.171. The zero-order chi connectivity index (χ0) is 9.47. The molecule has 1 aliphatic rings. The Hall–Kier alpha value is -0.950. The molecule has 1 aliphatic heterocycles. The summed E-state index contributed by atoms with van der Waals surface area (Å²) in [5.74, 6) is 0.923. The quantitative estimate of drug-likeness (QED) is 0.624. The third kappa shape index (κ3) is 1.44. The smallest absolute Gasteiger partial charge is 0.128 e. The van der Waals surface area contributed by atoms with Gasteiger partial charge in [-0.15, -0.1) is 0 Å². The van der Waals surface area contributed by atoms with Gasteiger partial charge >= 0.3 is 0 Å². The predicted molar refractivity (Wildman–Crippen MR) is 54.4 cm³/mol. The van der Waals surface area contributed by atoms with Crippen molar-refractivity contribution in [3.63, 3.8) is 0 Å². The first kappa shape index (κ1) is 8.64. The maximum atomic E-state index is 5.88. The van der Waals surface area contributed by atoms with Gasteiger partial charge in [-0.1, -0.05) is 18.2 Å². The second kappa shape index (κ2) is 2.78. The first-order valence-electron chi connectivity index (χ1n) is 4.24. The summed E-state index contributed by atoms with van der Waals surface area (Å²) in [5.41, 5.74) is 0.905. The Morgan fingerprint density at radius 1 is 1.62 bits per heavy atom. The first-order chi connectivity index (χ1) is 6.13. The average Bonchev–Trinajstić information content (AvgIpc) is 2.42. The summed E-state index contributed by atoms with van der Waals surface area (Å²) in [5, 5.41) is 0.760. The molecule has 0 spiro atoms. The molecule has 0 bridgehead atoms. The van der Waals surface area contributed by atoms with Gasteiger partial charge in [0.15, 0.2) is 0 Å². The maximum Gasteiger partial charge on any atom is 0.128 e. The summed E-state index contributed by atoms with van der Waals surface area (Å²) in [6, 6.07) is 5.70. The Bertz CT molecular complexity index is 359. The minimum atomic E-state index is -0.257. The van der Waals surface area contributed by atoms with Crippen molar-refractivity contribution in [2.75, 3.05) is 0 Å². The number of hydrogen-bond donors (Lipinski definition) is 0. The molecule has 0 radical (unpaired) electrons. The molecular formula is C11H11ClO. The molecule has 2 heteroatoms. The van der Waals surface area contributed by atoms with Gasteiger partial charge in [0.25, 0.3) is 0 Å². The Morgan fingerprint density at radius 2 is 2.38 bits per heavy atom. The fraction of sp³-hybridized carbons (Fsp3) is 0.273. The standard InChI is InChI=1S/C11H11ClO/c1-3-11(2)7-8-6-9(12)4-5-10(8)13-11/h3-6H,1,7H2,2H3. The summed E-state index contributed by atoms with van der Waals surface area (Å²) in [6.45, 7) is 5.78. The molecule has 1 aromatic carbocycles.